The highest BCUT2D eigenvalue weighted by Crippen LogP contribution is 2.11. The van der Waals surface area contributed by atoms with Crippen LogP contribution < -0.4 is 5.73 Å². The molecule has 0 aliphatic rings. The van der Waals surface area contributed by atoms with E-state index < -0.39 is 5.97 Å². The van der Waals surface area contributed by atoms with Gasteiger partial charge in [0.15, 0.2) is 0 Å². The monoisotopic (exact) mass is 175 g/mol. The van der Waals surface area contributed by atoms with Crippen LogP contribution in [0.25, 0.3) is 0 Å². The zero-order chi connectivity index (χ0) is 9.56. The molecule has 0 aliphatic heterocycles. The molecule has 12 heavy (non-hydrogen) atoms. The van der Waals surface area contributed by atoms with Crippen molar-refractivity contribution in [2.75, 3.05) is 13.7 Å². The standard InChI is InChI=1S/C8H17NO3/c1-6(12-2)3-7(5-9)4-8(10)11/h6-7H,3-5,9H2,1-2H3,(H,10,11)/t6?,7-/m0/s1. The second kappa shape index (κ2) is 5.97. The van der Waals surface area contributed by atoms with Crippen LogP contribution >= 0.6 is 0 Å². The van der Waals surface area contributed by atoms with Crippen LogP contribution in [-0.4, -0.2) is 30.8 Å². The van der Waals surface area contributed by atoms with E-state index in [9.17, 15) is 4.79 Å². The summed E-state index contributed by atoms with van der Waals surface area (Å²) in [6, 6.07) is 0. The molecule has 0 fully saturated rings. The fraction of sp³-hybridized carbons (Fsp3) is 0.875. The predicted octanol–water partition coefficient (Wildman–Crippen LogP) is 0.461. The van der Waals surface area contributed by atoms with Crippen molar-refractivity contribution in [3.05, 3.63) is 0 Å². The number of aliphatic carboxylic acids is 1. The number of hydrogen-bond donors (Lipinski definition) is 2. The van der Waals surface area contributed by atoms with Gasteiger partial charge in [0.05, 0.1) is 6.10 Å². The van der Waals surface area contributed by atoms with E-state index in [2.05, 4.69) is 0 Å². The molecule has 0 aromatic heterocycles. The number of nitrogens with two attached hydrogens (primary N) is 1. The van der Waals surface area contributed by atoms with Crippen LogP contribution in [0.15, 0.2) is 0 Å². The predicted molar refractivity (Wildman–Crippen MR) is 45.9 cm³/mol. The molecule has 4 nitrogen and oxygen atoms in total. The Kier molecular flexibility index (Phi) is 5.66. The molecular weight excluding hydrogens is 158 g/mol. The highest BCUT2D eigenvalue weighted by Gasteiger charge is 2.14. The first-order valence-electron chi connectivity index (χ1n) is 4.04. The zero-order valence-corrected chi connectivity index (χ0v) is 7.62. The number of carboxylic acids is 1. The second-order valence-electron chi connectivity index (χ2n) is 2.98. The lowest BCUT2D eigenvalue weighted by atomic mass is 9.99. The third kappa shape index (κ3) is 5.09. The van der Waals surface area contributed by atoms with Gasteiger partial charge in [-0.3, -0.25) is 4.79 Å². The number of carbonyl (C=O) groups is 1. The van der Waals surface area contributed by atoms with Gasteiger partial charge in [0, 0.05) is 13.5 Å². The fourth-order valence-corrected chi connectivity index (χ4v) is 1.08. The van der Waals surface area contributed by atoms with E-state index in [-0.39, 0.29) is 18.4 Å². The minimum absolute atomic E-state index is 0.0254. The highest BCUT2D eigenvalue weighted by atomic mass is 16.5. The van der Waals surface area contributed by atoms with Crippen molar-refractivity contribution in [3.63, 3.8) is 0 Å². The molecule has 0 radical (unpaired) electrons. The fourth-order valence-electron chi connectivity index (χ4n) is 1.08. The molecule has 3 N–H and O–H groups in total. The molecule has 0 aliphatic carbocycles. The molecule has 0 rings (SSSR count). The molecule has 0 amide bonds. The largest absolute Gasteiger partial charge is 0.481 e. The van der Waals surface area contributed by atoms with E-state index in [0.29, 0.717) is 13.0 Å². The lowest BCUT2D eigenvalue weighted by Crippen LogP contribution is -2.22. The summed E-state index contributed by atoms with van der Waals surface area (Å²) in [5, 5.41) is 8.50. The Morgan fingerprint density at radius 1 is 1.67 bits per heavy atom. The van der Waals surface area contributed by atoms with Gasteiger partial charge in [0.2, 0.25) is 0 Å². The number of carboxylic acid groups (broad SMARTS) is 1. The molecule has 0 saturated carbocycles. The first kappa shape index (κ1) is 11.4. The van der Waals surface area contributed by atoms with Crippen molar-refractivity contribution >= 4 is 5.97 Å². The maximum Gasteiger partial charge on any atom is 0.303 e. The van der Waals surface area contributed by atoms with E-state index >= 15 is 0 Å². The van der Waals surface area contributed by atoms with Crippen LogP contribution in [0.3, 0.4) is 0 Å². The Morgan fingerprint density at radius 2 is 2.25 bits per heavy atom. The van der Waals surface area contributed by atoms with E-state index in [1.807, 2.05) is 6.92 Å². The van der Waals surface area contributed by atoms with Crippen LogP contribution in [-0.2, 0) is 9.53 Å². The van der Waals surface area contributed by atoms with Crippen molar-refractivity contribution in [2.45, 2.75) is 25.9 Å². The molecule has 0 aromatic carbocycles. The first-order chi connectivity index (χ1) is 5.60. The minimum atomic E-state index is -0.797. The summed E-state index contributed by atoms with van der Waals surface area (Å²) in [5.74, 6) is -0.772. The van der Waals surface area contributed by atoms with Crippen LogP contribution in [0.4, 0.5) is 0 Å². The third-order valence-electron chi connectivity index (χ3n) is 1.86. The summed E-state index contributed by atoms with van der Waals surface area (Å²) < 4.78 is 5.02. The molecule has 1 unspecified atom stereocenters. The van der Waals surface area contributed by atoms with Gasteiger partial charge in [-0.15, -0.1) is 0 Å². The van der Waals surface area contributed by atoms with E-state index in [4.69, 9.17) is 15.6 Å². The molecule has 72 valence electrons. The van der Waals surface area contributed by atoms with Crippen molar-refractivity contribution in [1.29, 1.82) is 0 Å². The second-order valence-corrected chi connectivity index (χ2v) is 2.98. The first-order valence-corrected chi connectivity index (χ1v) is 4.04. The number of rotatable bonds is 6. The third-order valence-corrected chi connectivity index (χ3v) is 1.86. The van der Waals surface area contributed by atoms with E-state index in [1.165, 1.54) is 0 Å². The summed E-state index contributed by atoms with van der Waals surface area (Å²) >= 11 is 0. The quantitative estimate of drug-likeness (QED) is 0.615. The highest BCUT2D eigenvalue weighted by molar-refractivity contribution is 5.67. The maximum absolute atomic E-state index is 10.3. The lowest BCUT2D eigenvalue weighted by Gasteiger charge is -2.16. The maximum atomic E-state index is 10.3. The van der Waals surface area contributed by atoms with Gasteiger partial charge in [0.1, 0.15) is 0 Å². The zero-order valence-electron chi connectivity index (χ0n) is 7.62. The summed E-state index contributed by atoms with van der Waals surface area (Å²) in [6.07, 6.45) is 0.918. The average Bonchev–Trinajstić information content (AvgIpc) is 2.02. The van der Waals surface area contributed by atoms with Gasteiger partial charge in [-0.25, -0.2) is 0 Å². The number of methoxy groups -OCH3 is 1. The SMILES string of the molecule is COC(C)C[C@H](CN)CC(=O)O. The van der Waals surface area contributed by atoms with Crippen LogP contribution in [0.1, 0.15) is 19.8 Å². The molecular formula is C8H17NO3. The molecule has 0 spiro atoms. The van der Waals surface area contributed by atoms with Crippen LogP contribution in [0, 0.1) is 5.92 Å². The van der Waals surface area contributed by atoms with Gasteiger partial charge in [-0.05, 0) is 25.8 Å². The topological polar surface area (TPSA) is 72.5 Å². The molecule has 0 saturated heterocycles. The molecule has 2 atom stereocenters. The Hall–Kier alpha value is -0.610. The van der Waals surface area contributed by atoms with E-state index in [0.717, 1.165) is 0 Å². The molecule has 0 bridgehead atoms. The number of ether oxygens (including phenoxy) is 1. The van der Waals surface area contributed by atoms with Crippen LogP contribution in [0.2, 0.25) is 0 Å². The average molecular weight is 175 g/mol. The molecule has 4 heteroatoms. The summed E-state index contributed by atoms with van der Waals surface area (Å²) in [6.45, 7) is 2.31. The van der Waals surface area contributed by atoms with Crippen molar-refractivity contribution in [1.82, 2.24) is 0 Å². The smallest absolute Gasteiger partial charge is 0.303 e. The molecule has 0 heterocycles. The Balaban J connectivity index is 3.74. The Bertz CT molecular complexity index is 138. The Labute approximate surface area is 72.7 Å². The van der Waals surface area contributed by atoms with Gasteiger partial charge in [-0.1, -0.05) is 0 Å². The van der Waals surface area contributed by atoms with Crippen molar-refractivity contribution in [3.8, 4) is 0 Å². The lowest BCUT2D eigenvalue weighted by molar-refractivity contribution is -0.138. The minimum Gasteiger partial charge on any atom is -0.481 e. The van der Waals surface area contributed by atoms with Gasteiger partial charge >= 0.3 is 5.97 Å². The van der Waals surface area contributed by atoms with Gasteiger partial charge in [-0.2, -0.15) is 0 Å². The summed E-state index contributed by atoms with van der Waals surface area (Å²) in [4.78, 5) is 10.3. The summed E-state index contributed by atoms with van der Waals surface area (Å²) in [7, 11) is 1.61. The summed E-state index contributed by atoms with van der Waals surface area (Å²) in [5.41, 5.74) is 5.41. The normalized spacial score (nSPS) is 15.6. The Morgan fingerprint density at radius 3 is 2.58 bits per heavy atom. The van der Waals surface area contributed by atoms with Crippen LogP contribution in [0.5, 0.6) is 0 Å². The van der Waals surface area contributed by atoms with Crippen molar-refractivity contribution in [2.24, 2.45) is 11.7 Å². The van der Waals surface area contributed by atoms with E-state index in [1.54, 1.807) is 7.11 Å². The molecule has 0 aromatic rings. The number of hydrogen-bond acceptors (Lipinski definition) is 3. The van der Waals surface area contributed by atoms with Gasteiger partial charge in [0.25, 0.3) is 0 Å². The van der Waals surface area contributed by atoms with Gasteiger partial charge < -0.3 is 15.6 Å². The van der Waals surface area contributed by atoms with Crippen molar-refractivity contribution < 1.29 is 14.6 Å².